The molecule has 1 nitrogen and oxygen atoms in total. The summed E-state index contributed by atoms with van der Waals surface area (Å²) in [5, 5.41) is 3.92. The predicted octanol–water partition coefficient (Wildman–Crippen LogP) is 4.19. The van der Waals surface area contributed by atoms with E-state index < -0.39 is 0 Å². The molecule has 2 aliphatic carbocycles. The van der Waals surface area contributed by atoms with E-state index >= 15 is 0 Å². The fourth-order valence-electron chi connectivity index (χ4n) is 3.29. The minimum atomic E-state index is 0.719. The minimum absolute atomic E-state index is 0.719. The third-order valence-corrected chi connectivity index (χ3v) is 4.16. The van der Waals surface area contributed by atoms with E-state index in [-0.39, 0.29) is 0 Å². The number of nitrogens with one attached hydrogen (secondary N) is 1. The Kier molecular flexibility index (Phi) is 4.90. The van der Waals surface area contributed by atoms with Crippen molar-refractivity contribution in [3.8, 4) is 0 Å². The molecular formula is C15H27N. The average molecular weight is 221 g/mol. The number of hydrogen-bond acceptors (Lipinski definition) is 1. The van der Waals surface area contributed by atoms with Gasteiger partial charge in [0, 0.05) is 12.1 Å². The van der Waals surface area contributed by atoms with Gasteiger partial charge in [0.1, 0.15) is 0 Å². The van der Waals surface area contributed by atoms with Crippen LogP contribution in [0, 0.1) is 0 Å². The van der Waals surface area contributed by atoms with Crippen molar-refractivity contribution in [3.63, 3.8) is 0 Å². The fourth-order valence-corrected chi connectivity index (χ4v) is 3.29. The summed E-state index contributed by atoms with van der Waals surface area (Å²) in [5.41, 5.74) is 1.71. The molecule has 2 fully saturated rings. The Labute approximate surface area is 101 Å². The van der Waals surface area contributed by atoms with Crippen molar-refractivity contribution in [2.24, 2.45) is 0 Å². The van der Waals surface area contributed by atoms with E-state index in [1.165, 1.54) is 64.2 Å². The lowest BCUT2D eigenvalue weighted by Gasteiger charge is -2.32. The van der Waals surface area contributed by atoms with Crippen LogP contribution in [0.3, 0.4) is 0 Å². The van der Waals surface area contributed by atoms with Crippen molar-refractivity contribution in [3.05, 3.63) is 11.6 Å². The second-order valence-electron chi connectivity index (χ2n) is 5.49. The van der Waals surface area contributed by atoms with E-state index in [1.807, 2.05) is 0 Å². The van der Waals surface area contributed by atoms with Gasteiger partial charge in [-0.15, -0.1) is 0 Å². The van der Waals surface area contributed by atoms with E-state index in [0.717, 1.165) is 12.1 Å². The maximum Gasteiger partial charge on any atom is 0.0281 e. The Hall–Kier alpha value is -0.300. The third kappa shape index (κ3) is 3.35. The maximum atomic E-state index is 3.92. The molecule has 0 amide bonds. The van der Waals surface area contributed by atoms with Crippen LogP contribution in [0.5, 0.6) is 0 Å². The molecule has 0 aromatic carbocycles. The Morgan fingerprint density at radius 2 is 1.81 bits per heavy atom. The van der Waals surface area contributed by atoms with Crippen molar-refractivity contribution in [1.29, 1.82) is 0 Å². The standard InChI is InChI=1S/C15H27N/c1-2-8-13-9-6-7-12-15(13)16-14-10-4-3-5-11-14/h8,14-16H,2-7,9-12H2,1H3. The first-order valence-electron chi connectivity index (χ1n) is 7.35. The van der Waals surface area contributed by atoms with Crippen LogP contribution < -0.4 is 5.32 Å². The van der Waals surface area contributed by atoms with E-state index in [9.17, 15) is 0 Å². The highest BCUT2D eigenvalue weighted by molar-refractivity contribution is 5.13. The molecule has 2 rings (SSSR count). The van der Waals surface area contributed by atoms with Crippen LogP contribution >= 0.6 is 0 Å². The third-order valence-electron chi connectivity index (χ3n) is 4.16. The SMILES string of the molecule is CCC=C1CCCCC1NC1CCCCC1. The van der Waals surface area contributed by atoms with Crippen LogP contribution in [0.25, 0.3) is 0 Å². The monoisotopic (exact) mass is 221 g/mol. The summed E-state index contributed by atoms with van der Waals surface area (Å²) in [6, 6.07) is 1.54. The van der Waals surface area contributed by atoms with E-state index in [1.54, 1.807) is 5.57 Å². The van der Waals surface area contributed by atoms with Crippen molar-refractivity contribution < 1.29 is 0 Å². The highest BCUT2D eigenvalue weighted by Gasteiger charge is 2.22. The molecule has 0 aromatic rings. The lowest BCUT2D eigenvalue weighted by Crippen LogP contribution is -2.41. The van der Waals surface area contributed by atoms with E-state index in [4.69, 9.17) is 0 Å². The molecule has 1 unspecified atom stereocenters. The van der Waals surface area contributed by atoms with Crippen molar-refractivity contribution in [1.82, 2.24) is 5.32 Å². The van der Waals surface area contributed by atoms with Gasteiger partial charge in [-0.05, 0) is 38.5 Å². The van der Waals surface area contributed by atoms with Gasteiger partial charge in [0.2, 0.25) is 0 Å². The topological polar surface area (TPSA) is 12.0 Å². The molecule has 1 N–H and O–H groups in total. The van der Waals surface area contributed by atoms with Gasteiger partial charge in [0.25, 0.3) is 0 Å². The van der Waals surface area contributed by atoms with Gasteiger partial charge >= 0.3 is 0 Å². The zero-order valence-corrected chi connectivity index (χ0v) is 10.8. The molecule has 1 heteroatoms. The first-order chi connectivity index (χ1) is 7.90. The molecule has 0 aliphatic heterocycles. The summed E-state index contributed by atoms with van der Waals surface area (Å²) in [6.07, 6.45) is 16.4. The summed E-state index contributed by atoms with van der Waals surface area (Å²) in [5.74, 6) is 0. The Bertz CT molecular complexity index is 226. The summed E-state index contributed by atoms with van der Waals surface area (Å²) < 4.78 is 0. The van der Waals surface area contributed by atoms with Crippen LogP contribution in [-0.4, -0.2) is 12.1 Å². The van der Waals surface area contributed by atoms with Gasteiger partial charge < -0.3 is 5.32 Å². The molecule has 92 valence electrons. The van der Waals surface area contributed by atoms with Gasteiger partial charge in [-0.1, -0.05) is 44.3 Å². The molecule has 0 radical (unpaired) electrons. The Balaban J connectivity index is 1.87. The molecule has 16 heavy (non-hydrogen) atoms. The predicted molar refractivity (Wildman–Crippen MR) is 70.6 cm³/mol. The number of hydrogen-bond donors (Lipinski definition) is 1. The molecule has 0 bridgehead atoms. The summed E-state index contributed by atoms with van der Waals surface area (Å²) in [4.78, 5) is 0. The second-order valence-corrected chi connectivity index (χ2v) is 5.49. The summed E-state index contributed by atoms with van der Waals surface area (Å²) in [6.45, 7) is 2.26. The minimum Gasteiger partial charge on any atom is -0.308 e. The van der Waals surface area contributed by atoms with Crippen LogP contribution in [0.15, 0.2) is 11.6 Å². The van der Waals surface area contributed by atoms with Crippen molar-refractivity contribution in [2.75, 3.05) is 0 Å². The fraction of sp³-hybridized carbons (Fsp3) is 0.867. The number of rotatable bonds is 3. The lowest BCUT2D eigenvalue weighted by molar-refractivity contribution is 0.326. The van der Waals surface area contributed by atoms with Gasteiger partial charge in [0.05, 0.1) is 0 Å². The smallest absolute Gasteiger partial charge is 0.0281 e. The lowest BCUT2D eigenvalue weighted by atomic mass is 9.87. The van der Waals surface area contributed by atoms with E-state index in [2.05, 4.69) is 18.3 Å². The first-order valence-corrected chi connectivity index (χ1v) is 7.35. The van der Waals surface area contributed by atoms with Crippen molar-refractivity contribution >= 4 is 0 Å². The average Bonchev–Trinajstić information content (AvgIpc) is 2.33. The molecule has 0 saturated heterocycles. The normalized spacial score (nSPS) is 30.8. The maximum absolute atomic E-state index is 3.92. The van der Waals surface area contributed by atoms with Crippen molar-refractivity contribution in [2.45, 2.75) is 83.2 Å². The number of allylic oxidation sites excluding steroid dienone is 1. The molecule has 0 aromatic heterocycles. The van der Waals surface area contributed by atoms with Gasteiger partial charge in [-0.3, -0.25) is 0 Å². The molecule has 0 heterocycles. The van der Waals surface area contributed by atoms with Crippen LogP contribution in [-0.2, 0) is 0 Å². The summed E-state index contributed by atoms with van der Waals surface area (Å²) >= 11 is 0. The first kappa shape index (κ1) is 12.2. The van der Waals surface area contributed by atoms with Gasteiger partial charge in [0.15, 0.2) is 0 Å². The molecule has 0 spiro atoms. The molecular weight excluding hydrogens is 194 g/mol. The van der Waals surface area contributed by atoms with Gasteiger partial charge in [-0.25, -0.2) is 0 Å². The Morgan fingerprint density at radius 3 is 2.56 bits per heavy atom. The zero-order chi connectivity index (χ0) is 11.2. The zero-order valence-electron chi connectivity index (χ0n) is 10.8. The molecule has 1 atom stereocenters. The summed E-state index contributed by atoms with van der Waals surface area (Å²) in [7, 11) is 0. The highest BCUT2D eigenvalue weighted by atomic mass is 15.0. The van der Waals surface area contributed by atoms with Gasteiger partial charge in [-0.2, -0.15) is 0 Å². The van der Waals surface area contributed by atoms with E-state index in [0.29, 0.717) is 0 Å². The van der Waals surface area contributed by atoms with Crippen LogP contribution in [0.1, 0.15) is 71.1 Å². The largest absolute Gasteiger partial charge is 0.308 e. The Morgan fingerprint density at radius 1 is 1.06 bits per heavy atom. The highest BCUT2D eigenvalue weighted by Crippen LogP contribution is 2.26. The second kappa shape index (κ2) is 6.44. The van der Waals surface area contributed by atoms with Crippen LogP contribution in [0.4, 0.5) is 0 Å². The molecule has 2 saturated carbocycles. The van der Waals surface area contributed by atoms with Crippen LogP contribution in [0.2, 0.25) is 0 Å². The molecule has 2 aliphatic rings. The quantitative estimate of drug-likeness (QED) is 0.705.